The summed E-state index contributed by atoms with van der Waals surface area (Å²) in [6, 6.07) is 0.660. The van der Waals surface area contributed by atoms with E-state index < -0.39 is 37.8 Å². The number of benzene rings is 1. The summed E-state index contributed by atoms with van der Waals surface area (Å²) in [6.45, 7) is 0. The van der Waals surface area contributed by atoms with Crippen molar-refractivity contribution in [2.24, 2.45) is 0 Å². The molecule has 108 valence electrons. The molecule has 0 atom stereocenters. The van der Waals surface area contributed by atoms with E-state index >= 15 is 0 Å². The molecule has 0 fully saturated rings. The Labute approximate surface area is 107 Å². The lowest BCUT2D eigenvalue weighted by atomic mass is 10.2. The van der Waals surface area contributed by atoms with E-state index in [9.17, 15) is 34.8 Å². The van der Waals surface area contributed by atoms with E-state index in [1.165, 1.54) is 0 Å². The monoisotopic (exact) mass is 328 g/mol. The molecule has 0 aliphatic rings. The van der Waals surface area contributed by atoms with Gasteiger partial charge in [-0.15, -0.1) is 13.2 Å². The van der Waals surface area contributed by atoms with Crippen LogP contribution in [0.4, 0.5) is 26.3 Å². The minimum Gasteiger partial charge on any atom is -0.405 e. The molecule has 0 N–H and O–H groups in total. The summed E-state index contributed by atoms with van der Waals surface area (Å²) < 4.78 is 98.1. The Morgan fingerprint density at radius 3 is 1.95 bits per heavy atom. The number of rotatable bonds is 2. The van der Waals surface area contributed by atoms with Crippen LogP contribution in [0.1, 0.15) is 5.56 Å². The van der Waals surface area contributed by atoms with Crippen molar-refractivity contribution in [3.05, 3.63) is 23.8 Å². The minimum absolute atomic E-state index is 0.0383. The molecular weight excluding hydrogens is 326 g/mol. The summed E-state index contributed by atoms with van der Waals surface area (Å²) in [6.07, 6.45) is -10.6. The van der Waals surface area contributed by atoms with Crippen molar-refractivity contribution in [3.8, 4) is 5.75 Å². The van der Waals surface area contributed by atoms with E-state index in [0.717, 1.165) is 0 Å². The number of hydrogen-bond donors (Lipinski definition) is 0. The van der Waals surface area contributed by atoms with Gasteiger partial charge in [0.1, 0.15) is 5.75 Å². The SMILES string of the molecule is O=S(=O)(Cl)c1ccc(OC(F)(F)F)c(C(F)(F)F)c1. The van der Waals surface area contributed by atoms with Crippen molar-refractivity contribution < 1.29 is 39.5 Å². The van der Waals surface area contributed by atoms with E-state index in [1.807, 2.05) is 0 Å². The molecule has 0 radical (unpaired) electrons. The van der Waals surface area contributed by atoms with Crippen LogP contribution in [-0.2, 0) is 15.2 Å². The molecule has 1 aromatic rings. The molecule has 1 aromatic carbocycles. The van der Waals surface area contributed by atoms with Crippen molar-refractivity contribution in [2.45, 2.75) is 17.4 Å². The third kappa shape index (κ3) is 4.46. The van der Waals surface area contributed by atoms with Crippen molar-refractivity contribution in [2.75, 3.05) is 0 Å². The Morgan fingerprint density at radius 1 is 1.05 bits per heavy atom. The predicted octanol–water partition coefficient (Wildman–Crippen LogP) is 3.53. The van der Waals surface area contributed by atoms with Gasteiger partial charge in [0, 0.05) is 10.7 Å². The fraction of sp³-hybridized carbons (Fsp3) is 0.250. The van der Waals surface area contributed by atoms with Gasteiger partial charge in [-0.25, -0.2) is 8.42 Å². The van der Waals surface area contributed by atoms with E-state index in [-0.39, 0.29) is 12.1 Å². The Hall–Kier alpha value is -1.16. The molecule has 11 heteroatoms. The maximum absolute atomic E-state index is 12.5. The largest absolute Gasteiger partial charge is 0.573 e. The fourth-order valence-corrected chi connectivity index (χ4v) is 1.87. The summed E-state index contributed by atoms with van der Waals surface area (Å²) >= 11 is 0. The number of halogens is 7. The highest BCUT2D eigenvalue weighted by Gasteiger charge is 2.40. The van der Waals surface area contributed by atoms with E-state index in [1.54, 1.807) is 0 Å². The predicted molar refractivity (Wildman–Crippen MR) is 51.2 cm³/mol. The number of hydrogen-bond acceptors (Lipinski definition) is 3. The number of alkyl halides is 6. The van der Waals surface area contributed by atoms with Crippen LogP contribution in [0.2, 0.25) is 0 Å². The maximum Gasteiger partial charge on any atom is 0.573 e. The van der Waals surface area contributed by atoms with Gasteiger partial charge >= 0.3 is 12.5 Å². The zero-order chi connectivity index (χ0) is 15.1. The van der Waals surface area contributed by atoms with Gasteiger partial charge in [-0.1, -0.05) is 0 Å². The van der Waals surface area contributed by atoms with Crippen LogP contribution in [0.5, 0.6) is 5.75 Å². The lowest BCUT2D eigenvalue weighted by Gasteiger charge is -2.15. The second-order valence-electron chi connectivity index (χ2n) is 3.14. The minimum atomic E-state index is -5.35. The van der Waals surface area contributed by atoms with Crippen LogP contribution < -0.4 is 4.74 Å². The first-order valence-electron chi connectivity index (χ1n) is 4.22. The van der Waals surface area contributed by atoms with Crippen molar-refractivity contribution in [1.82, 2.24) is 0 Å². The van der Waals surface area contributed by atoms with Crippen molar-refractivity contribution in [1.29, 1.82) is 0 Å². The Kier molecular flexibility index (Phi) is 3.97. The summed E-state index contributed by atoms with van der Waals surface area (Å²) in [5, 5.41) is 0. The van der Waals surface area contributed by atoms with Gasteiger partial charge in [-0.05, 0) is 18.2 Å². The molecule has 19 heavy (non-hydrogen) atoms. The average Bonchev–Trinajstić information content (AvgIpc) is 2.11. The smallest absolute Gasteiger partial charge is 0.405 e. The second-order valence-corrected chi connectivity index (χ2v) is 5.71. The quantitative estimate of drug-likeness (QED) is 0.616. The molecule has 0 aliphatic carbocycles. The summed E-state index contributed by atoms with van der Waals surface area (Å²) in [7, 11) is 0.297. The molecular formula is C8H3ClF6O3S. The third-order valence-electron chi connectivity index (χ3n) is 1.76. The molecule has 0 amide bonds. The van der Waals surface area contributed by atoms with Crippen molar-refractivity contribution in [3.63, 3.8) is 0 Å². The molecule has 0 spiro atoms. The zero-order valence-electron chi connectivity index (χ0n) is 8.51. The number of ether oxygens (including phenoxy) is 1. The van der Waals surface area contributed by atoms with E-state index in [4.69, 9.17) is 10.7 Å². The molecule has 0 saturated heterocycles. The molecule has 0 saturated carbocycles. The van der Waals surface area contributed by atoms with Gasteiger partial charge in [-0.3, -0.25) is 0 Å². The molecule has 0 unspecified atom stereocenters. The van der Waals surface area contributed by atoms with Gasteiger partial charge in [0.15, 0.2) is 0 Å². The van der Waals surface area contributed by atoms with Crippen LogP contribution in [0, 0.1) is 0 Å². The topological polar surface area (TPSA) is 43.4 Å². The van der Waals surface area contributed by atoms with Crippen LogP contribution in [-0.4, -0.2) is 14.8 Å². The van der Waals surface area contributed by atoms with Gasteiger partial charge in [0.25, 0.3) is 9.05 Å². The Bertz CT molecular complexity index is 577. The summed E-state index contributed by atoms with van der Waals surface area (Å²) in [4.78, 5) is -0.990. The molecule has 0 heterocycles. The standard InChI is InChI=1S/C8H3ClF6O3S/c9-19(16,17)4-1-2-6(18-8(13,14)15)5(3-4)7(10,11)12/h1-3H. The molecule has 1 rings (SSSR count). The first-order valence-corrected chi connectivity index (χ1v) is 6.53. The molecule has 0 aliphatic heterocycles. The van der Waals surface area contributed by atoms with Crippen LogP contribution in [0.25, 0.3) is 0 Å². The van der Waals surface area contributed by atoms with E-state index in [2.05, 4.69) is 4.74 Å². The zero-order valence-corrected chi connectivity index (χ0v) is 10.1. The van der Waals surface area contributed by atoms with Crippen molar-refractivity contribution >= 4 is 19.7 Å². The fourth-order valence-electron chi connectivity index (χ4n) is 1.10. The molecule has 3 nitrogen and oxygen atoms in total. The lowest BCUT2D eigenvalue weighted by molar-refractivity contribution is -0.276. The first kappa shape index (κ1) is 15.9. The maximum atomic E-state index is 12.5. The van der Waals surface area contributed by atoms with Gasteiger partial charge < -0.3 is 4.74 Å². The Balaban J connectivity index is 3.42. The molecule has 0 aromatic heterocycles. The van der Waals surface area contributed by atoms with Crippen LogP contribution >= 0.6 is 10.7 Å². The Morgan fingerprint density at radius 2 is 1.58 bits per heavy atom. The van der Waals surface area contributed by atoms with Gasteiger partial charge in [0.2, 0.25) is 0 Å². The molecule has 0 bridgehead atoms. The highest BCUT2D eigenvalue weighted by atomic mass is 35.7. The van der Waals surface area contributed by atoms with Gasteiger partial charge in [0.05, 0.1) is 10.5 Å². The summed E-state index contributed by atoms with van der Waals surface area (Å²) in [5.74, 6) is -1.57. The summed E-state index contributed by atoms with van der Waals surface area (Å²) in [5.41, 5.74) is -1.90. The highest BCUT2D eigenvalue weighted by molar-refractivity contribution is 8.13. The average molecular weight is 329 g/mol. The highest BCUT2D eigenvalue weighted by Crippen LogP contribution is 2.39. The second kappa shape index (κ2) is 4.75. The van der Waals surface area contributed by atoms with Crippen LogP contribution in [0.3, 0.4) is 0 Å². The normalized spacial score (nSPS) is 13.4. The first-order chi connectivity index (χ1) is 8.31. The lowest BCUT2D eigenvalue weighted by Crippen LogP contribution is -2.20. The third-order valence-corrected chi connectivity index (χ3v) is 3.12. The van der Waals surface area contributed by atoms with Crippen LogP contribution in [0.15, 0.2) is 23.1 Å². The van der Waals surface area contributed by atoms with E-state index in [0.29, 0.717) is 6.07 Å². The van der Waals surface area contributed by atoms with Gasteiger partial charge in [-0.2, -0.15) is 13.2 Å².